The lowest BCUT2D eigenvalue weighted by Gasteiger charge is -2.04. The zero-order valence-corrected chi connectivity index (χ0v) is 12.6. The molecule has 2 N–H and O–H groups in total. The number of halogens is 2. The van der Waals surface area contributed by atoms with Gasteiger partial charge in [-0.15, -0.1) is 11.3 Å². The van der Waals surface area contributed by atoms with Gasteiger partial charge in [-0.3, -0.25) is 10.1 Å². The maximum Gasteiger partial charge on any atom is 0.258 e. The number of carbonyl (C=O) groups is 1. The minimum Gasteiger partial charge on any atom is -0.411 e. The van der Waals surface area contributed by atoms with Gasteiger partial charge in [0, 0.05) is 10.4 Å². The summed E-state index contributed by atoms with van der Waals surface area (Å²) < 4.78 is 0. The largest absolute Gasteiger partial charge is 0.411 e. The number of benzene rings is 1. The normalized spacial score (nSPS) is 11.4. The van der Waals surface area contributed by atoms with Crippen molar-refractivity contribution in [2.75, 3.05) is 5.32 Å². The smallest absolute Gasteiger partial charge is 0.258 e. The van der Waals surface area contributed by atoms with Crippen LogP contribution in [0.5, 0.6) is 0 Å². The van der Waals surface area contributed by atoms with E-state index in [2.05, 4.69) is 15.5 Å². The van der Waals surface area contributed by atoms with E-state index in [1.165, 1.54) is 23.5 Å². The second-order valence-corrected chi connectivity index (χ2v) is 5.50. The van der Waals surface area contributed by atoms with E-state index in [0.29, 0.717) is 27.1 Å². The van der Waals surface area contributed by atoms with E-state index in [4.69, 9.17) is 28.4 Å². The number of aromatic nitrogens is 1. The second kappa shape index (κ2) is 6.21. The highest BCUT2D eigenvalue weighted by Gasteiger charge is 2.13. The molecular formula is C12H9Cl2N3O2S. The Hall–Kier alpha value is -1.63. The number of hydrogen-bond acceptors (Lipinski definition) is 5. The number of nitrogens with one attached hydrogen (secondary N) is 1. The van der Waals surface area contributed by atoms with Crippen LogP contribution in [0.2, 0.25) is 10.0 Å². The first-order chi connectivity index (χ1) is 9.51. The molecule has 0 spiro atoms. The molecule has 20 heavy (non-hydrogen) atoms. The molecule has 0 saturated carbocycles. The van der Waals surface area contributed by atoms with Gasteiger partial charge in [-0.25, -0.2) is 4.98 Å². The lowest BCUT2D eigenvalue weighted by atomic mass is 10.2. The maximum atomic E-state index is 12.0. The third-order valence-electron chi connectivity index (χ3n) is 2.42. The molecule has 0 fully saturated rings. The second-order valence-electron chi connectivity index (χ2n) is 3.80. The van der Waals surface area contributed by atoms with Crippen LogP contribution in [0.3, 0.4) is 0 Å². The van der Waals surface area contributed by atoms with Gasteiger partial charge in [-0.2, -0.15) is 0 Å². The average molecular weight is 330 g/mol. The summed E-state index contributed by atoms with van der Waals surface area (Å²) in [6.45, 7) is 1.61. The van der Waals surface area contributed by atoms with Gasteiger partial charge in [0.2, 0.25) is 0 Å². The zero-order valence-electron chi connectivity index (χ0n) is 10.2. The first-order valence-corrected chi connectivity index (χ1v) is 7.06. The highest BCUT2D eigenvalue weighted by atomic mass is 35.5. The minimum absolute atomic E-state index is 0.264. The van der Waals surface area contributed by atoms with Gasteiger partial charge in [-0.05, 0) is 25.1 Å². The lowest BCUT2D eigenvalue weighted by molar-refractivity contribution is 0.102. The Morgan fingerprint density at radius 2 is 2.20 bits per heavy atom. The predicted octanol–water partition coefficient (Wildman–Crippen LogP) is 3.90. The number of oxime groups is 1. The van der Waals surface area contributed by atoms with Gasteiger partial charge in [0.25, 0.3) is 5.91 Å². The molecule has 0 unspecified atom stereocenters. The fourth-order valence-electron chi connectivity index (χ4n) is 1.39. The first kappa shape index (κ1) is 14.8. The molecule has 104 valence electrons. The lowest BCUT2D eigenvalue weighted by Crippen LogP contribution is -2.12. The average Bonchev–Trinajstić information content (AvgIpc) is 2.86. The van der Waals surface area contributed by atoms with Gasteiger partial charge >= 0.3 is 0 Å². The molecule has 0 saturated heterocycles. The Labute approximate surface area is 128 Å². The summed E-state index contributed by atoms with van der Waals surface area (Å²) in [6, 6.07) is 4.61. The number of hydrogen-bond donors (Lipinski definition) is 2. The first-order valence-electron chi connectivity index (χ1n) is 5.42. The molecule has 2 aromatic rings. The summed E-state index contributed by atoms with van der Waals surface area (Å²) in [5, 5.41) is 17.1. The van der Waals surface area contributed by atoms with Crippen LogP contribution in [-0.4, -0.2) is 21.8 Å². The van der Waals surface area contributed by atoms with Crippen LogP contribution in [0.15, 0.2) is 28.7 Å². The van der Waals surface area contributed by atoms with E-state index in [1.807, 2.05) is 0 Å². The number of nitrogens with zero attached hydrogens (tertiary/aromatic N) is 2. The predicted molar refractivity (Wildman–Crippen MR) is 80.5 cm³/mol. The molecule has 1 amide bonds. The standard InChI is InChI=1S/C12H9Cl2N3O2S/c1-6(17-19)10-5-20-12(15-10)16-11(18)8-3-2-7(13)4-9(8)14/h2-5,19H,1H3,(H,15,16,18). The van der Waals surface area contributed by atoms with E-state index in [1.54, 1.807) is 18.4 Å². The van der Waals surface area contributed by atoms with Crippen LogP contribution in [-0.2, 0) is 0 Å². The van der Waals surface area contributed by atoms with E-state index in [0.717, 1.165) is 0 Å². The molecule has 0 atom stereocenters. The minimum atomic E-state index is -0.383. The van der Waals surface area contributed by atoms with Gasteiger partial charge < -0.3 is 5.21 Å². The van der Waals surface area contributed by atoms with Crippen molar-refractivity contribution in [1.29, 1.82) is 0 Å². The Morgan fingerprint density at radius 3 is 2.85 bits per heavy atom. The molecule has 0 aliphatic heterocycles. The Bertz CT molecular complexity index is 685. The Balaban J connectivity index is 2.17. The van der Waals surface area contributed by atoms with Gasteiger partial charge in [0.05, 0.1) is 10.6 Å². The molecule has 1 heterocycles. The van der Waals surface area contributed by atoms with Crippen molar-refractivity contribution in [2.45, 2.75) is 6.92 Å². The van der Waals surface area contributed by atoms with Gasteiger partial charge in [0.1, 0.15) is 11.4 Å². The molecule has 8 heteroatoms. The summed E-state index contributed by atoms with van der Waals surface area (Å²) in [4.78, 5) is 16.2. The monoisotopic (exact) mass is 329 g/mol. The molecule has 0 radical (unpaired) electrons. The third kappa shape index (κ3) is 3.27. The Morgan fingerprint density at radius 1 is 1.45 bits per heavy atom. The summed E-state index contributed by atoms with van der Waals surface area (Å²) in [5.41, 5.74) is 1.17. The van der Waals surface area contributed by atoms with Gasteiger partial charge in [-0.1, -0.05) is 28.4 Å². The number of carbonyl (C=O) groups excluding carboxylic acids is 1. The Kier molecular flexibility index (Phi) is 4.59. The van der Waals surface area contributed by atoms with Crippen LogP contribution < -0.4 is 5.32 Å². The third-order valence-corrected chi connectivity index (χ3v) is 3.73. The maximum absolute atomic E-state index is 12.0. The van der Waals surface area contributed by atoms with Crippen molar-refractivity contribution in [3.8, 4) is 0 Å². The SMILES string of the molecule is CC(=NO)c1csc(NC(=O)c2ccc(Cl)cc2Cl)n1. The van der Waals surface area contributed by atoms with Crippen molar-refractivity contribution in [3.63, 3.8) is 0 Å². The zero-order chi connectivity index (χ0) is 14.7. The highest BCUT2D eigenvalue weighted by molar-refractivity contribution is 7.14. The van der Waals surface area contributed by atoms with Crippen LogP contribution >= 0.6 is 34.5 Å². The van der Waals surface area contributed by atoms with Crippen LogP contribution in [0.1, 0.15) is 23.0 Å². The van der Waals surface area contributed by atoms with Crippen molar-refractivity contribution in [3.05, 3.63) is 44.9 Å². The molecule has 2 rings (SSSR count). The number of rotatable bonds is 3. The fraction of sp³-hybridized carbons (Fsp3) is 0.0833. The van der Waals surface area contributed by atoms with Gasteiger partial charge in [0.15, 0.2) is 5.13 Å². The molecule has 1 aromatic carbocycles. The van der Waals surface area contributed by atoms with Crippen LogP contribution in [0, 0.1) is 0 Å². The van der Waals surface area contributed by atoms with Crippen molar-refractivity contribution in [2.24, 2.45) is 5.16 Å². The fourth-order valence-corrected chi connectivity index (χ4v) is 2.63. The quantitative estimate of drug-likeness (QED) is 0.509. The van der Waals surface area contributed by atoms with Crippen LogP contribution in [0.25, 0.3) is 0 Å². The van der Waals surface area contributed by atoms with Crippen molar-refractivity contribution >= 4 is 51.3 Å². The van der Waals surface area contributed by atoms with Crippen molar-refractivity contribution in [1.82, 2.24) is 4.98 Å². The number of amides is 1. The number of thiazole rings is 1. The summed E-state index contributed by atoms with van der Waals surface area (Å²) in [5.74, 6) is -0.383. The highest BCUT2D eigenvalue weighted by Crippen LogP contribution is 2.23. The summed E-state index contributed by atoms with van der Waals surface area (Å²) in [6.07, 6.45) is 0. The van der Waals surface area contributed by atoms with E-state index in [-0.39, 0.29) is 10.9 Å². The van der Waals surface area contributed by atoms with E-state index >= 15 is 0 Å². The molecule has 0 aliphatic rings. The van der Waals surface area contributed by atoms with Crippen LogP contribution in [0.4, 0.5) is 5.13 Å². The molecular weight excluding hydrogens is 321 g/mol. The summed E-state index contributed by atoms with van der Waals surface area (Å²) >= 11 is 12.9. The molecule has 0 bridgehead atoms. The molecule has 0 aliphatic carbocycles. The number of anilines is 1. The van der Waals surface area contributed by atoms with E-state index in [9.17, 15) is 4.79 Å². The van der Waals surface area contributed by atoms with Crippen molar-refractivity contribution < 1.29 is 10.0 Å². The molecule has 5 nitrogen and oxygen atoms in total. The van der Waals surface area contributed by atoms with E-state index < -0.39 is 0 Å². The topological polar surface area (TPSA) is 74.6 Å². The molecule has 1 aromatic heterocycles. The summed E-state index contributed by atoms with van der Waals surface area (Å²) in [7, 11) is 0.